The fraction of sp³-hybridized carbons (Fsp3) is 0.333. The molecule has 0 radical (unpaired) electrons. The minimum Gasteiger partial charge on any atom is -0.354 e. The first-order valence-electron chi connectivity index (χ1n) is 7.79. The molecule has 2 N–H and O–H groups in total. The molecule has 0 aromatic heterocycles. The van der Waals surface area contributed by atoms with Crippen LogP contribution in [-0.2, 0) is 9.59 Å². The van der Waals surface area contributed by atoms with Gasteiger partial charge in [-0.25, -0.2) is 0 Å². The Morgan fingerprint density at radius 3 is 2.61 bits per heavy atom. The van der Waals surface area contributed by atoms with Gasteiger partial charge in [-0.3, -0.25) is 9.59 Å². The van der Waals surface area contributed by atoms with Crippen LogP contribution in [0.2, 0.25) is 0 Å². The maximum atomic E-state index is 12.0. The Hall–Kier alpha value is -2.01. The van der Waals surface area contributed by atoms with E-state index < -0.39 is 6.04 Å². The summed E-state index contributed by atoms with van der Waals surface area (Å²) in [6, 6.07) is 13.8. The predicted molar refractivity (Wildman–Crippen MR) is 95.6 cm³/mol. The van der Waals surface area contributed by atoms with Gasteiger partial charge in [0.05, 0.1) is 5.75 Å². The maximum absolute atomic E-state index is 12.0. The van der Waals surface area contributed by atoms with Crippen LogP contribution in [0.1, 0.15) is 20.3 Å². The number of carbonyl (C=O) groups is 2. The Bertz CT molecular complexity index is 688. The van der Waals surface area contributed by atoms with Gasteiger partial charge in [-0.2, -0.15) is 0 Å². The van der Waals surface area contributed by atoms with Crippen LogP contribution in [0.5, 0.6) is 0 Å². The second-order valence-electron chi connectivity index (χ2n) is 5.38. The van der Waals surface area contributed by atoms with Crippen molar-refractivity contribution in [2.24, 2.45) is 0 Å². The van der Waals surface area contributed by atoms with E-state index in [0.717, 1.165) is 16.7 Å². The minimum absolute atomic E-state index is 0.137. The molecule has 122 valence electrons. The number of hydrogen-bond acceptors (Lipinski definition) is 3. The molecule has 2 aromatic rings. The molecule has 2 aromatic carbocycles. The Morgan fingerprint density at radius 2 is 1.87 bits per heavy atom. The third kappa shape index (κ3) is 5.28. The molecular formula is C18H22N2O2S. The lowest BCUT2D eigenvalue weighted by molar-refractivity contribution is -0.127. The molecule has 23 heavy (non-hydrogen) atoms. The molecule has 4 nitrogen and oxygen atoms in total. The Labute approximate surface area is 141 Å². The molecule has 1 atom stereocenters. The Kier molecular flexibility index (Phi) is 6.47. The molecule has 0 saturated carbocycles. The first-order chi connectivity index (χ1) is 11.1. The second kappa shape index (κ2) is 8.58. The third-order valence-electron chi connectivity index (χ3n) is 3.41. The van der Waals surface area contributed by atoms with Gasteiger partial charge in [0.1, 0.15) is 6.04 Å². The molecule has 2 amide bonds. The molecule has 0 heterocycles. The van der Waals surface area contributed by atoms with Crippen molar-refractivity contribution < 1.29 is 9.59 Å². The molecule has 0 unspecified atom stereocenters. The van der Waals surface area contributed by atoms with E-state index in [1.165, 1.54) is 17.1 Å². The number of thioether (sulfide) groups is 1. The average molecular weight is 330 g/mol. The third-order valence-corrected chi connectivity index (χ3v) is 4.40. The van der Waals surface area contributed by atoms with Crippen molar-refractivity contribution in [1.29, 1.82) is 0 Å². The lowest BCUT2D eigenvalue weighted by Gasteiger charge is -2.13. The first-order valence-corrected chi connectivity index (χ1v) is 8.77. The highest BCUT2D eigenvalue weighted by molar-refractivity contribution is 8.00. The average Bonchev–Trinajstić information content (AvgIpc) is 2.57. The largest absolute Gasteiger partial charge is 0.354 e. The molecule has 5 heteroatoms. The van der Waals surface area contributed by atoms with Crippen LogP contribution in [-0.4, -0.2) is 30.2 Å². The van der Waals surface area contributed by atoms with Crippen molar-refractivity contribution in [3.63, 3.8) is 0 Å². The van der Waals surface area contributed by atoms with Crippen molar-refractivity contribution >= 4 is 34.3 Å². The lowest BCUT2D eigenvalue weighted by atomic mass is 10.1. The SMILES string of the molecule is CCCNC(=O)[C@H](C)NC(=O)CSc1ccc2ccccc2c1. The van der Waals surface area contributed by atoms with E-state index in [-0.39, 0.29) is 11.8 Å². The highest BCUT2D eigenvalue weighted by Crippen LogP contribution is 2.23. The van der Waals surface area contributed by atoms with Gasteiger partial charge in [0.25, 0.3) is 0 Å². The van der Waals surface area contributed by atoms with E-state index in [1.54, 1.807) is 6.92 Å². The van der Waals surface area contributed by atoms with Crippen LogP contribution in [0.25, 0.3) is 10.8 Å². The zero-order chi connectivity index (χ0) is 16.7. The molecule has 0 aliphatic rings. The summed E-state index contributed by atoms with van der Waals surface area (Å²) in [6.07, 6.45) is 0.879. The van der Waals surface area contributed by atoms with Gasteiger partial charge in [-0.15, -0.1) is 11.8 Å². The fourth-order valence-corrected chi connectivity index (χ4v) is 2.91. The number of nitrogens with one attached hydrogen (secondary N) is 2. The van der Waals surface area contributed by atoms with E-state index in [2.05, 4.69) is 34.9 Å². The van der Waals surface area contributed by atoms with Gasteiger partial charge in [0, 0.05) is 11.4 Å². The summed E-state index contributed by atoms with van der Waals surface area (Å²) in [5, 5.41) is 7.84. The van der Waals surface area contributed by atoms with Crippen LogP contribution in [0.4, 0.5) is 0 Å². The zero-order valence-corrected chi connectivity index (χ0v) is 14.3. The van der Waals surface area contributed by atoms with E-state index >= 15 is 0 Å². The summed E-state index contributed by atoms with van der Waals surface area (Å²) in [6.45, 7) is 4.32. The van der Waals surface area contributed by atoms with Crippen LogP contribution >= 0.6 is 11.8 Å². The zero-order valence-electron chi connectivity index (χ0n) is 13.5. The second-order valence-corrected chi connectivity index (χ2v) is 6.43. The van der Waals surface area contributed by atoms with Crippen molar-refractivity contribution in [2.45, 2.75) is 31.2 Å². The summed E-state index contributed by atoms with van der Waals surface area (Å²) in [4.78, 5) is 24.7. The smallest absolute Gasteiger partial charge is 0.242 e. The fourth-order valence-electron chi connectivity index (χ4n) is 2.16. The number of carbonyl (C=O) groups excluding carboxylic acids is 2. The lowest BCUT2D eigenvalue weighted by Crippen LogP contribution is -2.45. The van der Waals surface area contributed by atoms with E-state index in [9.17, 15) is 9.59 Å². The van der Waals surface area contributed by atoms with Gasteiger partial charge >= 0.3 is 0 Å². The number of benzene rings is 2. The van der Waals surface area contributed by atoms with Crippen molar-refractivity contribution in [3.05, 3.63) is 42.5 Å². The number of hydrogen-bond donors (Lipinski definition) is 2. The predicted octanol–water partition coefficient (Wildman–Crippen LogP) is 2.96. The van der Waals surface area contributed by atoms with Crippen LogP contribution < -0.4 is 10.6 Å². The Balaban J connectivity index is 1.84. The molecule has 0 spiro atoms. The molecule has 0 fully saturated rings. The topological polar surface area (TPSA) is 58.2 Å². The number of amides is 2. The van der Waals surface area contributed by atoms with Crippen molar-refractivity contribution in [1.82, 2.24) is 10.6 Å². The molecule has 0 aliphatic carbocycles. The van der Waals surface area contributed by atoms with Gasteiger partial charge in [-0.05, 0) is 36.2 Å². The Morgan fingerprint density at radius 1 is 1.13 bits per heavy atom. The molecule has 2 rings (SSSR count). The van der Waals surface area contributed by atoms with Gasteiger partial charge in [-0.1, -0.05) is 37.3 Å². The highest BCUT2D eigenvalue weighted by atomic mass is 32.2. The van der Waals surface area contributed by atoms with Crippen LogP contribution in [0.3, 0.4) is 0 Å². The summed E-state index contributed by atoms with van der Waals surface area (Å²) in [5.74, 6) is 0.0159. The highest BCUT2D eigenvalue weighted by Gasteiger charge is 2.14. The van der Waals surface area contributed by atoms with Gasteiger partial charge in [0.2, 0.25) is 11.8 Å². The quantitative estimate of drug-likeness (QED) is 0.767. The summed E-state index contributed by atoms with van der Waals surface area (Å²) >= 11 is 1.47. The maximum Gasteiger partial charge on any atom is 0.242 e. The minimum atomic E-state index is -0.508. The summed E-state index contributed by atoms with van der Waals surface area (Å²) < 4.78 is 0. The monoisotopic (exact) mass is 330 g/mol. The van der Waals surface area contributed by atoms with Crippen molar-refractivity contribution in [2.75, 3.05) is 12.3 Å². The van der Waals surface area contributed by atoms with E-state index in [4.69, 9.17) is 0 Å². The number of fused-ring (bicyclic) bond motifs is 1. The molecule has 0 bridgehead atoms. The number of rotatable bonds is 7. The molecule has 0 saturated heterocycles. The van der Waals surface area contributed by atoms with Crippen LogP contribution in [0.15, 0.2) is 47.4 Å². The van der Waals surface area contributed by atoms with Crippen molar-refractivity contribution in [3.8, 4) is 0 Å². The van der Waals surface area contributed by atoms with Gasteiger partial charge < -0.3 is 10.6 Å². The van der Waals surface area contributed by atoms with Gasteiger partial charge in [0.15, 0.2) is 0 Å². The normalized spacial score (nSPS) is 11.9. The van der Waals surface area contributed by atoms with E-state index in [0.29, 0.717) is 12.3 Å². The summed E-state index contributed by atoms with van der Waals surface area (Å²) in [7, 11) is 0. The van der Waals surface area contributed by atoms with E-state index in [1.807, 2.05) is 25.1 Å². The standard InChI is InChI=1S/C18H22N2O2S/c1-3-10-19-18(22)13(2)20-17(21)12-23-16-9-8-14-6-4-5-7-15(14)11-16/h4-9,11,13H,3,10,12H2,1-2H3,(H,19,22)(H,20,21)/t13-/m0/s1. The molecular weight excluding hydrogens is 308 g/mol. The first kappa shape index (κ1) is 17.3. The van der Waals surface area contributed by atoms with Crippen LogP contribution in [0, 0.1) is 0 Å². The summed E-state index contributed by atoms with van der Waals surface area (Å²) in [5.41, 5.74) is 0. The molecule has 0 aliphatic heterocycles.